The minimum atomic E-state index is -4.39. The SMILES string of the molecule is CC(C)/C(N)=C(\C#N)C(=S)Nc1ccc(C(F)(F)F)cc1. The van der Waals surface area contributed by atoms with E-state index >= 15 is 0 Å². The second-order valence-corrected chi connectivity index (χ2v) is 5.03. The number of halogens is 3. The highest BCUT2D eigenvalue weighted by molar-refractivity contribution is 7.81. The molecule has 1 aromatic carbocycles. The predicted molar refractivity (Wildman–Crippen MR) is 79.3 cm³/mol. The molecule has 3 nitrogen and oxygen atoms in total. The molecule has 0 amide bonds. The zero-order chi connectivity index (χ0) is 16.2. The largest absolute Gasteiger partial charge is 0.416 e. The molecule has 0 heterocycles. The van der Waals surface area contributed by atoms with Crippen LogP contribution in [0.2, 0.25) is 0 Å². The molecule has 0 radical (unpaired) electrons. The number of hydrogen-bond donors (Lipinski definition) is 2. The van der Waals surface area contributed by atoms with Crippen molar-refractivity contribution in [3.8, 4) is 6.07 Å². The summed E-state index contributed by atoms with van der Waals surface area (Å²) in [6.45, 7) is 3.63. The highest BCUT2D eigenvalue weighted by Gasteiger charge is 2.29. The lowest BCUT2D eigenvalue weighted by Gasteiger charge is -2.12. The maximum absolute atomic E-state index is 12.4. The van der Waals surface area contributed by atoms with Crippen LogP contribution >= 0.6 is 12.2 Å². The van der Waals surface area contributed by atoms with Crippen LogP contribution in [-0.4, -0.2) is 4.99 Å². The van der Waals surface area contributed by atoms with Gasteiger partial charge in [0, 0.05) is 11.4 Å². The number of allylic oxidation sites excluding steroid dienone is 1. The van der Waals surface area contributed by atoms with Crippen LogP contribution in [0, 0.1) is 17.2 Å². The van der Waals surface area contributed by atoms with E-state index in [0.717, 1.165) is 12.1 Å². The quantitative estimate of drug-likeness (QED) is 0.506. The van der Waals surface area contributed by atoms with E-state index in [0.29, 0.717) is 11.4 Å². The summed E-state index contributed by atoms with van der Waals surface area (Å²) >= 11 is 5.06. The Labute approximate surface area is 126 Å². The molecule has 0 spiro atoms. The molecular formula is C14H14F3N3S. The predicted octanol–water partition coefficient (Wildman–Crippen LogP) is 3.84. The molecule has 21 heavy (non-hydrogen) atoms. The van der Waals surface area contributed by atoms with Crippen molar-refractivity contribution in [2.24, 2.45) is 11.7 Å². The van der Waals surface area contributed by atoms with Crippen molar-refractivity contribution in [3.63, 3.8) is 0 Å². The van der Waals surface area contributed by atoms with E-state index < -0.39 is 11.7 Å². The molecule has 0 aliphatic rings. The van der Waals surface area contributed by atoms with Crippen molar-refractivity contribution < 1.29 is 13.2 Å². The fraction of sp³-hybridized carbons (Fsp3) is 0.286. The lowest BCUT2D eigenvalue weighted by atomic mass is 10.1. The fourth-order valence-electron chi connectivity index (χ4n) is 1.47. The average Bonchev–Trinajstić information content (AvgIpc) is 2.38. The smallest absolute Gasteiger partial charge is 0.401 e. The monoisotopic (exact) mass is 313 g/mol. The zero-order valence-corrected chi connectivity index (χ0v) is 12.3. The van der Waals surface area contributed by atoms with E-state index in [-0.39, 0.29) is 16.5 Å². The average molecular weight is 313 g/mol. The van der Waals surface area contributed by atoms with Crippen LogP contribution in [0.1, 0.15) is 19.4 Å². The van der Waals surface area contributed by atoms with Gasteiger partial charge in [0.05, 0.1) is 5.56 Å². The Morgan fingerprint density at radius 3 is 2.19 bits per heavy atom. The normalized spacial score (nSPS) is 12.6. The number of nitrogens with two attached hydrogens (primary N) is 1. The molecule has 7 heteroatoms. The number of nitrogens with one attached hydrogen (secondary N) is 1. The summed E-state index contributed by atoms with van der Waals surface area (Å²) in [5, 5.41) is 11.8. The number of alkyl halides is 3. The molecule has 0 unspecified atom stereocenters. The van der Waals surface area contributed by atoms with Crippen molar-refractivity contribution in [2.75, 3.05) is 5.32 Å². The highest BCUT2D eigenvalue weighted by Crippen LogP contribution is 2.29. The van der Waals surface area contributed by atoms with E-state index in [2.05, 4.69) is 5.32 Å². The topological polar surface area (TPSA) is 61.8 Å². The molecule has 112 valence electrons. The molecule has 0 aliphatic heterocycles. The summed E-state index contributed by atoms with van der Waals surface area (Å²) in [7, 11) is 0. The van der Waals surface area contributed by atoms with Gasteiger partial charge in [-0.3, -0.25) is 0 Å². The summed E-state index contributed by atoms with van der Waals surface area (Å²) in [6.07, 6.45) is -4.39. The van der Waals surface area contributed by atoms with Gasteiger partial charge < -0.3 is 11.1 Å². The lowest BCUT2D eigenvalue weighted by Crippen LogP contribution is -2.18. The minimum Gasteiger partial charge on any atom is -0.401 e. The molecule has 3 N–H and O–H groups in total. The molecule has 0 bridgehead atoms. The molecule has 0 aliphatic carbocycles. The van der Waals surface area contributed by atoms with Crippen molar-refractivity contribution in [1.29, 1.82) is 5.26 Å². The van der Waals surface area contributed by atoms with E-state index in [1.807, 2.05) is 19.9 Å². The Bertz CT molecular complexity index is 595. The van der Waals surface area contributed by atoms with Gasteiger partial charge in [-0.15, -0.1) is 0 Å². The first-order chi connectivity index (χ1) is 9.66. The van der Waals surface area contributed by atoms with Gasteiger partial charge in [-0.2, -0.15) is 18.4 Å². The van der Waals surface area contributed by atoms with Crippen molar-refractivity contribution in [3.05, 3.63) is 41.1 Å². The Morgan fingerprint density at radius 1 is 1.29 bits per heavy atom. The third-order valence-electron chi connectivity index (χ3n) is 2.72. The number of nitrogens with zero attached hydrogens (tertiary/aromatic N) is 1. The number of thiocarbonyl (C=S) groups is 1. The van der Waals surface area contributed by atoms with Crippen LogP contribution in [0.3, 0.4) is 0 Å². The fourth-order valence-corrected chi connectivity index (χ4v) is 1.75. The third kappa shape index (κ3) is 4.46. The van der Waals surface area contributed by atoms with E-state index in [4.69, 9.17) is 23.2 Å². The number of hydrogen-bond acceptors (Lipinski definition) is 3. The van der Waals surface area contributed by atoms with Gasteiger partial charge in [0.1, 0.15) is 16.6 Å². The second-order valence-electron chi connectivity index (χ2n) is 4.63. The van der Waals surface area contributed by atoms with Crippen LogP contribution in [0.5, 0.6) is 0 Å². The molecule has 0 fully saturated rings. The van der Waals surface area contributed by atoms with Gasteiger partial charge in [-0.1, -0.05) is 26.1 Å². The minimum absolute atomic E-state index is 0.0630. The van der Waals surface area contributed by atoms with Gasteiger partial charge in [0.15, 0.2) is 0 Å². The van der Waals surface area contributed by atoms with Crippen molar-refractivity contribution in [2.45, 2.75) is 20.0 Å². The van der Waals surface area contributed by atoms with Crippen molar-refractivity contribution in [1.82, 2.24) is 0 Å². The van der Waals surface area contributed by atoms with Crippen LogP contribution in [0.15, 0.2) is 35.5 Å². The second kappa shape index (κ2) is 6.59. The Morgan fingerprint density at radius 2 is 1.81 bits per heavy atom. The summed E-state index contributed by atoms with van der Waals surface area (Å²) in [4.78, 5) is 0.0865. The van der Waals surface area contributed by atoms with Gasteiger partial charge in [0.25, 0.3) is 0 Å². The third-order valence-corrected chi connectivity index (χ3v) is 3.03. The summed E-state index contributed by atoms with van der Waals surface area (Å²) in [5.74, 6) is -0.0630. The van der Waals surface area contributed by atoms with Crippen LogP contribution in [0.25, 0.3) is 0 Å². The van der Waals surface area contributed by atoms with Gasteiger partial charge >= 0.3 is 6.18 Å². The Balaban J connectivity index is 2.94. The molecule has 1 aromatic rings. The van der Waals surface area contributed by atoms with Crippen LogP contribution in [0.4, 0.5) is 18.9 Å². The molecular weight excluding hydrogens is 299 g/mol. The van der Waals surface area contributed by atoms with Gasteiger partial charge in [-0.05, 0) is 30.2 Å². The maximum atomic E-state index is 12.4. The number of anilines is 1. The summed E-state index contributed by atoms with van der Waals surface area (Å²) in [5.41, 5.74) is 5.85. The first kappa shape index (κ1) is 17.0. The molecule has 0 saturated heterocycles. The molecule has 0 aromatic heterocycles. The zero-order valence-electron chi connectivity index (χ0n) is 11.5. The van der Waals surface area contributed by atoms with E-state index in [1.165, 1.54) is 12.1 Å². The standard InChI is InChI=1S/C14H14F3N3S/c1-8(2)12(19)11(7-18)13(21)20-10-5-3-9(4-6-10)14(15,16)17/h3-6,8H,19H2,1-2H3,(H,20,21)/b12-11-. The molecule has 0 saturated carbocycles. The van der Waals surface area contributed by atoms with Gasteiger partial charge in [0.2, 0.25) is 0 Å². The summed E-state index contributed by atoms with van der Waals surface area (Å²) in [6, 6.07) is 6.28. The summed E-state index contributed by atoms with van der Waals surface area (Å²) < 4.78 is 37.3. The van der Waals surface area contributed by atoms with E-state index in [9.17, 15) is 13.2 Å². The first-order valence-electron chi connectivity index (χ1n) is 6.05. The number of nitriles is 1. The molecule has 0 atom stereocenters. The lowest BCUT2D eigenvalue weighted by molar-refractivity contribution is -0.137. The Kier molecular flexibility index (Phi) is 5.33. The van der Waals surface area contributed by atoms with Gasteiger partial charge in [-0.25, -0.2) is 0 Å². The molecule has 1 rings (SSSR count). The van der Waals surface area contributed by atoms with Crippen molar-refractivity contribution >= 4 is 22.9 Å². The number of benzene rings is 1. The number of rotatable bonds is 3. The van der Waals surface area contributed by atoms with Crippen LogP contribution < -0.4 is 11.1 Å². The van der Waals surface area contributed by atoms with E-state index in [1.54, 1.807) is 0 Å². The van der Waals surface area contributed by atoms with Crippen LogP contribution in [-0.2, 0) is 6.18 Å². The first-order valence-corrected chi connectivity index (χ1v) is 6.46. The Hall–Kier alpha value is -2.07. The maximum Gasteiger partial charge on any atom is 0.416 e. The highest BCUT2D eigenvalue weighted by atomic mass is 32.1.